The number of rotatable bonds is 3. The van der Waals surface area contributed by atoms with Gasteiger partial charge in [0.05, 0.1) is 5.56 Å². The van der Waals surface area contributed by atoms with E-state index in [0.717, 1.165) is 24.1 Å². The summed E-state index contributed by atoms with van der Waals surface area (Å²) in [4.78, 5) is 19.8. The van der Waals surface area contributed by atoms with Gasteiger partial charge in [-0.15, -0.1) is 0 Å². The van der Waals surface area contributed by atoms with Crippen LogP contribution in [0.25, 0.3) is 0 Å². The number of hydrogen-bond acceptors (Lipinski definition) is 4. The fourth-order valence-electron chi connectivity index (χ4n) is 3.48. The molecule has 13 heteroatoms. The standard InChI is InChI=1S/C18H14Cl2F6N4O/c1-27-14(31)12-7-28-15(29-13(12)17(21,22)23)30-3-2-16(8-30,18(24,25)26)9-4-10(19)6-11(20)5-9/h4-7H,2-3,8H2,1H3,(H,27,31). The first-order chi connectivity index (χ1) is 14.3. The van der Waals surface area contributed by atoms with Gasteiger partial charge in [0.2, 0.25) is 5.95 Å². The summed E-state index contributed by atoms with van der Waals surface area (Å²) in [5.74, 6) is -1.64. The topological polar surface area (TPSA) is 58.1 Å². The molecule has 1 saturated heterocycles. The molecule has 1 fully saturated rings. The maximum absolute atomic E-state index is 14.2. The molecular weight excluding hydrogens is 473 g/mol. The third-order valence-corrected chi connectivity index (χ3v) is 5.46. The first-order valence-electron chi connectivity index (χ1n) is 8.73. The molecule has 3 rings (SSSR count). The lowest BCUT2D eigenvalue weighted by molar-refractivity contribution is -0.184. The molecule has 1 unspecified atom stereocenters. The summed E-state index contributed by atoms with van der Waals surface area (Å²) >= 11 is 11.7. The summed E-state index contributed by atoms with van der Waals surface area (Å²) in [7, 11) is 1.13. The van der Waals surface area contributed by atoms with Crippen molar-refractivity contribution in [2.45, 2.75) is 24.2 Å². The highest BCUT2D eigenvalue weighted by Crippen LogP contribution is 2.49. The van der Waals surface area contributed by atoms with Crippen molar-refractivity contribution in [1.29, 1.82) is 0 Å². The molecule has 1 amide bonds. The van der Waals surface area contributed by atoms with Gasteiger partial charge in [0.1, 0.15) is 5.41 Å². The Labute approximate surface area is 182 Å². The lowest BCUT2D eigenvalue weighted by Crippen LogP contribution is -2.45. The van der Waals surface area contributed by atoms with Gasteiger partial charge in [-0.05, 0) is 30.2 Å². The Bertz CT molecular complexity index is 993. The van der Waals surface area contributed by atoms with E-state index in [1.54, 1.807) is 0 Å². The monoisotopic (exact) mass is 486 g/mol. The van der Waals surface area contributed by atoms with Crippen LogP contribution in [0.3, 0.4) is 0 Å². The molecule has 0 aliphatic carbocycles. The van der Waals surface area contributed by atoms with E-state index in [1.807, 2.05) is 5.32 Å². The Morgan fingerprint density at radius 3 is 2.26 bits per heavy atom. The molecule has 0 spiro atoms. The van der Waals surface area contributed by atoms with Crippen LogP contribution in [0.1, 0.15) is 28.0 Å². The average molecular weight is 487 g/mol. The van der Waals surface area contributed by atoms with Crippen molar-refractivity contribution >= 4 is 35.1 Å². The molecule has 1 atom stereocenters. The van der Waals surface area contributed by atoms with Gasteiger partial charge in [0.25, 0.3) is 5.91 Å². The van der Waals surface area contributed by atoms with E-state index in [9.17, 15) is 31.1 Å². The second-order valence-corrected chi connectivity index (χ2v) is 7.79. The fraction of sp³-hybridized carbons (Fsp3) is 0.389. The second kappa shape index (κ2) is 8.01. The quantitative estimate of drug-likeness (QED) is 0.628. The summed E-state index contributed by atoms with van der Waals surface area (Å²) < 4.78 is 82.7. The molecule has 0 bridgehead atoms. The number of nitrogens with one attached hydrogen (secondary N) is 1. The summed E-state index contributed by atoms with van der Waals surface area (Å²) in [5, 5.41) is 2.03. The van der Waals surface area contributed by atoms with E-state index in [2.05, 4.69) is 9.97 Å². The van der Waals surface area contributed by atoms with Crippen molar-refractivity contribution in [3.8, 4) is 0 Å². The van der Waals surface area contributed by atoms with Gasteiger partial charge >= 0.3 is 12.4 Å². The minimum absolute atomic E-state index is 0.00452. The van der Waals surface area contributed by atoms with Crippen molar-refractivity contribution in [2.75, 3.05) is 25.0 Å². The van der Waals surface area contributed by atoms with Crippen molar-refractivity contribution in [1.82, 2.24) is 15.3 Å². The van der Waals surface area contributed by atoms with Gasteiger partial charge in [-0.2, -0.15) is 26.3 Å². The maximum atomic E-state index is 14.2. The van der Waals surface area contributed by atoms with Crippen molar-refractivity contribution in [3.05, 3.63) is 51.3 Å². The molecule has 0 radical (unpaired) electrons. The van der Waals surface area contributed by atoms with Crippen molar-refractivity contribution in [3.63, 3.8) is 0 Å². The number of aromatic nitrogens is 2. The lowest BCUT2D eigenvalue weighted by atomic mass is 9.79. The highest BCUT2D eigenvalue weighted by atomic mass is 35.5. The van der Waals surface area contributed by atoms with Gasteiger partial charge in [-0.1, -0.05) is 23.2 Å². The van der Waals surface area contributed by atoms with Crippen LogP contribution in [-0.4, -0.2) is 42.2 Å². The molecule has 31 heavy (non-hydrogen) atoms. The molecule has 1 aliphatic heterocycles. The molecule has 1 aromatic heterocycles. The zero-order valence-corrected chi connectivity index (χ0v) is 17.2. The van der Waals surface area contributed by atoms with Gasteiger partial charge < -0.3 is 10.2 Å². The first-order valence-corrected chi connectivity index (χ1v) is 9.48. The summed E-state index contributed by atoms with van der Waals surface area (Å²) in [6.45, 7) is -1.02. The minimum Gasteiger partial charge on any atom is -0.355 e. The average Bonchev–Trinajstić information content (AvgIpc) is 3.12. The van der Waals surface area contributed by atoms with Crippen LogP contribution in [0.4, 0.5) is 32.3 Å². The third kappa shape index (κ3) is 4.38. The van der Waals surface area contributed by atoms with Crippen LogP contribution in [0, 0.1) is 0 Å². The summed E-state index contributed by atoms with van der Waals surface area (Å²) in [5.41, 5.74) is -5.02. The number of alkyl halides is 6. The number of carbonyl (C=O) groups is 1. The van der Waals surface area contributed by atoms with Crippen LogP contribution in [-0.2, 0) is 11.6 Å². The number of carbonyl (C=O) groups excluding carboxylic acids is 1. The number of amides is 1. The zero-order chi connectivity index (χ0) is 23.2. The highest BCUT2D eigenvalue weighted by molar-refractivity contribution is 6.34. The van der Waals surface area contributed by atoms with Crippen LogP contribution in [0.5, 0.6) is 0 Å². The molecule has 5 nitrogen and oxygen atoms in total. The van der Waals surface area contributed by atoms with Gasteiger partial charge in [0, 0.05) is 36.4 Å². The predicted octanol–water partition coefficient (Wildman–Crippen LogP) is 4.87. The number of benzene rings is 1. The van der Waals surface area contributed by atoms with Gasteiger partial charge in [-0.25, -0.2) is 9.97 Å². The van der Waals surface area contributed by atoms with E-state index in [4.69, 9.17) is 23.2 Å². The molecule has 168 valence electrons. The Morgan fingerprint density at radius 1 is 1.13 bits per heavy atom. The molecule has 2 heterocycles. The normalized spacial score (nSPS) is 19.6. The molecule has 1 aliphatic rings. The minimum atomic E-state index is -5.01. The Morgan fingerprint density at radius 2 is 1.74 bits per heavy atom. The second-order valence-electron chi connectivity index (χ2n) is 6.92. The van der Waals surface area contributed by atoms with E-state index >= 15 is 0 Å². The van der Waals surface area contributed by atoms with Crippen LogP contribution in [0.15, 0.2) is 24.4 Å². The first kappa shape index (κ1) is 23.4. The molecule has 0 saturated carbocycles. The number of nitrogens with zero attached hydrogens (tertiary/aromatic N) is 3. The Hall–Kier alpha value is -2.27. The van der Waals surface area contributed by atoms with E-state index in [-0.39, 0.29) is 22.2 Å². The summed E-state index contributed by atoms with van der Waals surface area (Å²) in [6, 6.07) is 3.53. The summed E-state index contributed by atoms with van der Waals surface area (Å²) in [6.07, 6.45) is -9.60. The van der Waals surface area contributed by atoms with Crippen molar-refractivity contribution < 1.29 is 31.1 Å². The largest absolute Gasteiger partial charge is 0.434 e. The van der Waals surface area contributed by atoms with Crippen molar-refractivity contribution in [2.24, 2.45) is 0 Å². The third-order valence-electron chi connectivity index (χ3n) is 5.03. The van der Waals surface area contributed by atoms with Gasteiger partial charge in [0.15, 0.2) is 5.69 Å². The predicted molar refractivity (Wildman–Crippen MR) is 101 cm³/mol. The number of halogens is 8. The maximum Gasteiger partial charge on any atom is 0.434 e. The van der Waals surface area contributed by atoms with Crippen LogP contribution in [0.2, 0.25) is 10.0 Å². The number of anilines is 1. The molecular formula is C18H14Cl2F6N4O. The smallest absolute Gasteiger partial charge is 0.355 e. The van der Waals surface area contributed by atoms with E-state index < -0.39 is 53.8 Å². The fourth-order valence-corrected chi connectivity index (χ4v) is 4.01. The highest BCUT2D eigenvalue weighted by Gasteiger charge is 2.59. The Balaban J connectivity index is 2.06. The SMILES string of the molecule is CNC(=O)c1cnc(N2CCC(c3cc(Cl)cc(Cl)c3)(C(F)(F)F)C2)nc1C(F)(F)F. The molecule has 1 N–H and O–H groups in total. The van der Waals surface area contributed by atoms with Gasteiger partial charge in [-0.3, -0.25) is 4.79 Å². The van der Waals surface area contributed by atoms with E-state index in [0.29, 0.717) is 6.20 Å². The zero-order valence-electron chi connectivity index (χ0n) is 15.7. The molecule has 1 aromatic carbocycles. The Kier molecular flexibility index (Phi) is 6.05. The van der Waals surface area contributed by atoms with Crippen LogP contribution < -0.4 is 10.2 Å². The molecule has 2 aromatic rings. The van der Waals surface area contributed by atoms with Crippen LogP contribution >= 0.6 is 23.2 Å². The number of hydrogen-bond donors (Lipinski definition) is 1. The van der Waals surface area contributed by atoms with E-state index in [1.165, 1.54) is 6.07 Å². The lowest BCUT2D eigenvalue weighted by Gasteiger charge is -2.32.